The molecular weight excluding hydrogens is 230 g/mol. The van der Waals surface area contributed by atoms with E-state index in [2.05, 4.69) is 15.2 Å². The van der Waals surface area contributed by atoms with E-state index < -0.39 is 0 Å². The molecule has 5 heteroatoms. The van der Waals surface area contributed by atoms with Gasteiger partial charge in [-0.15, -0.1) is 0 Å². The summed E-state index contributed by atoms with van der Waals surface area (Å²) in [6, 6.07) is 2.00. The molecule has 0 unspecified atom stereocenters. The van der Waals surface area contributed by atoms with Crippen LogP contribution in [0.1, 0.15) is 11.3 Å². The number of hydrogen-bond donors (Lipinski definition) is 2. The number of rotatable bonds is 5. The molecule has 2 heterocycles. The van der Waals surface area contributed by atoms with Gasteiger partial charge in [-0.25, -0.2) is 0 Å². The lowest BCUT2D eigenvalue weighted by molar-refractivity contribution is -0.120. The van der Waals surface area contributed by atoms with Crippen LogP contribution in [-0.2, 0) is 16.0 Å². The Labute approximate surface area is 108 Å². The first-order chi connectivity index (χ1) is 8.74. The van der Waals surface area contributed by atoms with Crippen LogP contribution >= 0.6 is 0 Å². The fourth-order valence-electron chi connectivity index (χ4n) is 2.10. The molecule has 0 radical (unpaired) electrons. The summed E-state index contributed by atoms with van der Waals surface area (Å²) in [5.41, 5.74) is 2.13. The van der Waals surface area contributed by atoms with Gasteiger partial charge in [0.05, 0.1) is 19.6 Å². The highest BCUT2D eigenvalue weighted by molar-refractivity contribution is 5.78. The third kappa shape index (κ3) is 4.16. The molecule has 2 rings (SSSR count). The Morgan fingerprint density at radius 2 is 2.28 bits per heavy atom. The zero-order valence-electron chi connectivity index (χ0n) is 10.9. The van der Waals surface area contributed by atoms with Crippen LogP contribution in [0.2, 0.25) is 0 Å². The van der Waals surface area contributed by atoms with E-state index in [1.54, 1.807) is 0 Å². The summed E-state index contributed by atoms with van der Waals surface area (Å²) in [7, 11) is 0. The maximum absolute atomic E-state index is 11.7. The smallest absolute Gasteiger partial charge is 0.224 e. The minimum Gasteiger partial charge on any atom is -0.379 e. The SMILES string of the molecule is Cc1cc(CC(=O)NCCN2CCOCC2)c[nH]1. The Bertz CT molecular complexity index is 383. The summed E-state index contributed by atoms with van der Waals surface area (Å²) in [5, 5.41) is 2.95. The molecule has 5 nitrogen and oxygen atoms in total. The number of aromatic amines is 1. The minimum atomic E-state index is 0.0854. The number of carbonyl (C=O) groups is 1. The monoisotopic (exact) mass is 251 g/mol. The van der Waals surface area contributed by atoms with Crippen molar-refractivity contribution >= 4 is 5.91 Å². The standard InChI is InChI=1S/C13H21N3O2/c1-11-8-12(10-15-11)9-13(17)14-2-3-16-4-6-18-7-5-16/h8,10,15H,2-7,9H2,1H3,(H,14,17). The Hall–Kier alpha value is -1.33. The van der Waals surface area contributed by atoms with Gasteiger partial charge in [-0.2, -0.15) is 0 Å². The molecule has 2 N–H and O–H groups in total. The number of nitrogens with zero attached hydrogens (tertiary/aromatic N) is 1. The fourth-order valence-corrected chi connectivity index (χ4v) is 2.10. The molecule has 100 valence electrons. The number of carbonyl (C=O) groups excluding carboxylic acids is 1. The molecule has 18 heavy (non-hydrogen) atoms. The van der Waals surface area contributed by atoms with E-state index in [9.17, 15) is 4.79 Å². The first-order valence-corrected chi connectivity index (χ1v) is 6.45. The van der Waals surface area contributed by atoms with E-state index in [1.807, 2.05) is 19.2 Å². The van der Waals surface area contributed by atoms with Crippen molar-refractivity contribution in [2.24, 2.45) is 0 Å². The number of morpholine rings is 1. The van der Waals surface area contributed by atoms with Gasteiger partial charge in [0.2, 0.25) is 5.91 Å². The molecule has 1 aromatic heterocycles. The van der Waals surface area contributed by atoms with Crippen LogP contribution in [0.15, 0.2) is 12.3 Å². The van der Waals surface area contributed by atoms with Gasteiger partial charge in [0, 0.05) is 38.1 Å². The van der Waals surface area contributed by atoms with Crippen molar-refractivity contribution in [2.75, 3.05) is 39.4 Å². The predicted octanol–water partition coefficient (Wildman–Crippen LogP) is 0.314. The van der Waals surface area contributed by atoms with E-state index in [0.29, 0.717) is 13.0 Å². The number of H-pyrrole nitrogens is 1. The zero-order chi connectivity index (χ0) is 12.8. The van der Waals surface area contributed by atoms with E-state index >= 15 is 0 Å². The minimum absolute atomic E-state index is 0.0854. The summed E-state index contributed by atoms with van der Waals surface area (Å²) in [4.78, 5) is 17.1. The van der Waals surface area contributed by atoms with Gasteiger partial charge in [-0.3, -0.25) is 9.69 Å². The summed E-state index contributed by atoms with van der Waals surface area (Å²) in [6.45, 7) is 7.14. The van der Waals surface area contributed by atoms with Crippen LogP contribution in [0, 0.1) is 6.92 Å². The van der Waals surface area contributed by atoms with E-state index in [-0.39, 0.29) is 5.91 Å². The average molecular weight is 251 g/mol. The van der Waals surface area contributed by atoms with Crippen molar-refractivity contribution in [3.8, 4) is 0 Å². The maximum atomic E-state index is 11.7. The third-order valence-electron chi connectivity index (χ3n) is 3.11. The molecule has 0 aliphatic carbocycles. The molecule has 0 spiro atoms. The second kappa shape index (κ2) is 6.56. The van der Waals surface area contributed by atoms with Crippen molar-refractivity contribution < 1.29 is 9.53 Å². The van der Waals surface area contributed by atoms with Gasteiger partial charge < -0.3 is 15.0 Å². The topological polar surface area (TPSA) is 57.4 Å². The first-order valence-electron chi connectivity index (χ1n) is 6.45. The molecule has 1 amide bonds. The predicted molar refractivity (Wildman–Crippen MR) is 69.5 cm³/mol. The van der Waals surface area contributed by atoms with Crippen molar-refractivity contribution in [3.63, 3.8) is 0 Å². The molecule has 0 saturated carbocycles. The average Bonchev–Trinajstić information content (AvgIpc) is 2.76. The lowest BCUT2D eigenvalue weighted by atomic mass is 10.2. The highest BCUT2D eigenvalue weighted by atomic mass is 16.5. The van der Waals surface area contributed by atoms with Crippen molar-refractivity contribution in [1.82, 2.24) is 15.2 Å². The van der Waals surface area contributed by atoms with Gasteiger partial charge in [0.1, 0.15) is 0 Å². The number of nitrogens with one attached hydrogen (secondary N) is 2. The molecule has 1 aliphatic heterocycles. The van der Waals surface area contributed by atoms with Crippen LogP contribution in [0.25, 0.3) is 0 Å². The van der Waals surface area contributed by atoms with Crippen molar-refractivity contribution in [1.29, 1.82) is 0 Å². The van der Waals surface area contributed by atoms with E-state index in [1.165, 1.54) is 0 Å². The summed E-state index contributed by atoms with van der Waals surface area (Å²) < 4.78 is 5.28. The van der Waals surface area contributed by atoms with Crippen LogP contribution in [0.3, 0.4) is 0 Å². The van der Waals surface area contributed by atoms with Crippen molar-refractivity contribution in [2.45, 2.75) is 13.3 Å². The summed E-state index contributed by atoms with van der Waals surface area (Å²) in [6.07, 6.45) is 2.34. The Morgan fingerprint density at radius 1 is 1.50 bits per heavy atom. The largest absolute Gasteiger partial charge is 0.379 e. The lowest BCUT2D eigenvalue weighted by Crippen LogP contribution is -2.41. The molecule has 1 saturated heterocycles. The van der Waals surface area contributed by atoms with Crippen LogP contribution in [0.4, 0.5) is 0 Å². The zero-order valence-corrected chi connectivity index (χ0v) is 10.9. The molecular formula is C13H21N3O2. The second-order valence-corrected chi connectivity index (χ2v) is 4.67. The molecule has 0 bridgehead atoms. The number of aryl methyl sites for hydroxylation is 1. The summed E-state index contributed by atoms with van der Waals surface area (Å²) >= 11 is 0. The number of aromatic nitrogens is 1. The van der Waals surface area contributed by atoms with Gasteiger partial charge >= 0.3 is 0 Å². The van der Waals surface area contributed by atoms with Gasteiger partial charge in [-0.1, -0.05) is 0 Å². The lowest BCUT2D eigenvalue weighted by Gasteiger charge is -2.26. The number of hydrogen-bond acceptors (Lipinski definition) is 3. The molecule has 1 aliphatic rings. The highest BCUT2D eigenvalue weighted by Crippen LogP contribution is 2.02. The summed E-state index contributed by atoms with van der Waals surface area (Å²) in [5.74, 6) is 0.0854. The highest BCUT2D eigenvalue weighted by Gasteiger charge is 2.10. The van der Waals surface area contributed by atoms with Gasteiger partial charge in [0.15, 0.2) is 0 Å². The third-order valence-corrected chi connectivity index (χ3v) is 3.11. The van der Waals surface area contributed by atoms with Crippen molar-refractivity contribution in [3.05, 3.63) is 23.5 Å². The first kappa shape index (κ1) is 13.1. The van der Waals surface area contributed by atoms with E-state index in [4.69, 9.17) is 4.74 Å². The maximum Gasteiger partial charge on any atom is 0.224 e. The number of ether oxygens (including phenoxy) is 1. The van der Waals surface area contributed by atoms with Crippen LogP contribution in [0.5, 0.6) is 0 Å². The number of amides is 1. The molecule has 1 aromatic rings. The Morgan fingerprint density at radius 3 is 2.94 bits per heavy atom. The Balaban J connectivity index is 1.62. The quantitative estimate of drug-likeness (QED) is 0.792. The Kier molecular flexibility index (Phi) is 4.78. The second-order valence-electron chi connectivity index (χ2n) is 4.67. The van der Waals surface area contributed by atoms with Gasteiger partial charge in [0.25, 0.3) is 0 Å². The normalized spacial score (nSPS) is 16.7. The van der Waals surface area contributed by atoms with E-state index in [0.717, 1.165) is 44.1 Å². The fraction of sp³-hybridized carbons (Fsp3) is 0.615. The molecule has 0 aromatic carbocycles. The molecule has 0 atom stereocenters. The molecule has 1 fully saturated rings. The van der Waals surface area contributed by atoms with Gasteiger partial charge in [-0.05, 0) is 18.6 Å². The van der Waals surface area contributed by atoms with Crippen LogP contribution in [-0.4, -0.2) is 55.2 Å². The van der Waals surface area contributed by atoms with Crippen LogP contribution < -0.4 is 5.32 Å².